The van der Waals surface area contributed by atoms with E-state index < -0.39 is 0 Å². The molecule has 1 aliphatic heterocycles. The Labute approximate surface area is 96.5 Å². The molecule has 3 heteroatoms. The molecule has 3 nitrogen and oxygen atoms in total. The lowest BCUT2D eigenvalue weighted by Crippen LogP contribution is -2.39. The third-order valence-corrected chi connectivity index (χ3v) is 3.38. The van der Waals surface area contributed by atoms with Gasteiger partial charge >= 0.3 is 0 Å². The standard InChI is InChI=1S/C13H19NO2/c1-4-13(2)8-11(14)10-6-5-9(15-3)7-12(10)16-13/h5-7,11H,4,8,14H2,1-3H3/t11-,13?/m1/s1. The molecular formula is C13H19NO2. The van der Waals surface area contributed by atoms with E-state index in [1.54, 1.807) is 7.11 Å². The average Bonchev–Trinajstić information content (AvgIpc) is 2.28. The smallest absolute Gasteiger partial charge is 0.128 e. The van der Waals surface area contributed by atoms with Gasteiger partial charge in [0, 0.05) is 24.1 Å². The molecule has 1 aromatic rings. The number of hydrogen-bond acceptors (Lipinski definition) is 3. The van der Waals surface area contributed by atoms with Crippen LogP contribution in [0.15, 0.2) is 18.2 Å². The first kappa shape index (κ1) is 11.3. The minimum atomic E-state index is -0.154. The first-order valence-electron chi connectivity index (χ1n) is 5.70. The normalized spacial score (nSPS) is 28.1. The number of methoxy groups -OCH3 is 1. The van der Waals surface area contributed by atoms with Crippen molar-refractivity contribution in [3.8, 4) is 11.5 Å². The minimum absolute atomic E-state index is 0.0552. The zero-order chi connectivity index (χ0) is 11.8. The van der Waals surface area contributed by atoms with Gasteiger partial charge in [0.05, 0.1) is 7.11 Å². The molecule has 0 aliphatic carbocycles. The van der Waals surface area contributed by atoms with Gasteiger partial charge in [-0.2, -0.15) is 0 Å². The third kappa shape index (κ3) is 1.87. The summed E-state index contributed by atoms with van der Waals surface area (Å²) in [5.41, 5.74) is 7.09. The lowest BCUT2D eigenvalue weighted by molar-refractivity contribution is 0.0500. The van der Waals surface area contributed by atoms with Crippen molar-refractivity contribution in [1.82, 2.24) is 0 Å². The number of fused-ring (bicyclic) bond motifs is 1. The zero-order valence-corrected chi connectivity index (χ0v) is 10.1. The fourth-order valence-electron chi connectivity index (χ4n) is 2.14. The molecule has 0 bridgehead atoms. The molecule has 2 atom stereocenters. The maximum atomic E-state index is 6.17. The van der Waals surface area contributed by atoms with Crippen LogP contribution < -0.4 is 15.2 Å². The Morgan fingerprint density at radius 3 is 2.94 bits per heavy atom. The van der Waals surface area contributed by atoms with Gasteiger partial charge in [0.2, 0.25) is 0 Å². The Morgan fingerprint density at radius 2 is 2.31 bits per heavy atom. The summed E-state index contributed by atoms with van der Waals surface area (Å²) in [4.78, 5) is 0. The number of nitrogens with two attached hydrogens (primary N) is 1. The van der Waals surface area contributed by atoms with Crippen LogP contribution >= 0.6 is 0 Å². The number of ether oxygens (including phenoxy) is 2. The Balaban J connectivity index is 2.39. The molecule has 1 unspecified atom stereocenters. The van der Waals surface area contributed by atoms with Crippen LogP contribution in [0.2, 0.25) is 0 Å². The van der Waals surface area contributed by atoms with Crippen molar-refractivity contribution in [1.29, 1.82) is 0 Å². The molecular weight excluding hydrogens is 202 g/mol. The first-order valence-corrected chi connectivity index (χ1v) is 5.70. The van der Waals surface area contributed by atoms with Crippen LogP contribution in [0.4, 0.5) is 0 Å². The Hall–Kier alpha value is -1.22. The molecule has 1 aromatic carbocycles. The number of benzene rings is 1. The van der Waals surface area contributed by atoms with Gasteiger partial charge in [-0.3, -0.25) is 0 Å². The zero-order valence-electron chi connectivity index (χ0n) is 10.1. The van der Waals surface area contributed by atoms with Crippen molar-refractivity contribution >= 4 is 0 Å². The fraction of sp³-hybridized carbons (Fsp3) is 0.538. The molecule has 88 valence electrons. The van der Waals surface area contributed by atoms with Gasteiger partial charge < -0.3 is 15.2 Å². The molecule has 16 heavy (non-hydrogen) atoms. The van der Waals surface area contributed by atoms with Crippen LogP contribution in [-0.2, 0) is 0 Å². The molecule has 2 N–H and O–H groups in total. The minimum Gasteiger partial charge on any atom is -0.497 e. The second-order valence-corrected chi connectivity index (χ2v) is 4.62. The highest BCUT2D eigenvalue weighted by atomic mass is 16.5. The largest absolute Gasteiger partial charge is 0.497 e. The van der Waals surface area contributed by atoms with E-state index in [0.29, 0.717) is 0 Å². The first-order chi connectivity index (χ1) is 7.58. The predicted molar refractivity (Wildman–Crippen MR) is 63.9 cm³/mol. The van der Waals surface area contributed by atoms with Crippen molar-refractivity contribution in [2.75, 3.05) is 7.11 Å². The molecule has 0 saturated carbocycles. The van der Waals surface area contributed by atoms with E-state index in [1.807, 2.05) is 18.2 Å². The van der Waals surface area contributed by atoms with Gasteiger partial charge in [-0.25, -0.2) is 0 Å². The van der Waals surface area contributed by atoms with Gasteiger partial charge in [0.1, 0.15) is 17.1 Å². The molecule has 0 saturated heterocycles. The summed E-state index contributed by atoms with van der Waals surface area (Å²) in [6.45, 7) is 4.23. The topological polar surface area (TPSA) is 44.5 Å². The Morgan fingerprint density at radius 1 is 1.56 bits per heavy atom. The highest BCUT2D eigenvalue weighted by Crippen LogP contribution is 2.41. The van der Waals surface area contributed by atoms with Gasteiger partial charge in [-0.1, -0.05) is 13.0 Å². The second-order valence-electron chi connectivity index (χ2n) is 4.62. The van der Waals surface area contributed by atoms with E-state index >= 15 is 0 Å². The SMILES string of the molecule is CCC1(C)C[C@@H](N)c2ccc(OC)cc2O1. The molecule has 0 amide bonds. The number of rotatable bonds is 2. The van der Waals surface area contributed by atoms with Crippen LogP contribution in [0.1, 0.15) is 38.3 Å². The summed E-state index contributed by atoms with van der Waals surface area (Å²) in [6, 6.07) is 5.90. The average molecular weight is 221 g/mol. The summed E-state index contributed by atoms with van der Waals surface area (Å²) in [5.74, 6) is 1.67. The van der Waals surface area contributed by atoms with Crippen LogP contribution in [0.25, 0.3) is 0 Å². The van der Waals surface area contributed by atoms with Crippen LogP contribution in [0, 0.1) is 0 Å². The predicted octanol–water partition coefficient (Wildman–Crippen LogP) is 2.65. The summed E-state index contributed by atoms with van der Waals surface area (Å²) in [7, 11) is 1.66. The lowest BCUT2D eigenvalue weighted by Gasteiger charge is -2.38. The number of hydrogen-bond donors (Lipinski definition) is 1. The van der Waals surface area contributed by atoms with Gasteiger partial charge in [-0.15, -0.1) is 0 Å². The van der Waals surface area contributed by atoms with E-state index in [1.165, 1.54) is 0 Å². The summed E-state index contributed by atoms with van der Waals surface area (Å²) in [5, 5.41) is 0. The van der Waals surface area contributed by atoms with Crippen LogP contribution in [0.5, 0.6) is 11.5 Å². The molecule has 0 spiro atoms. The molecule has 0 aromatic heterocycles. The Bertz CT molecular complexity index is 392. The van der Waals surface area contributed by atoms with E-state index in [-0.39, 0.29) is 11.6 Å². The molecule has 1 aliphatic rings. The molecule has 0 radical (unpaired) electrons. The summed E-state index contributed by atoms with van der Waals surface area (Å²) >= 11 is 0. The highest BCUT2D eigenvalue weighted by Gasteiger charge is 2.34. The monoisotopic (exact) mass is 221 g/mol. The van der Waals surface area contributed by atoms with Crippen LogP contribution in [-0.4, -0.2) is 12.7 Å². The van der Waals surface area contributed by atoms with E-state index in [0.717, 1.165) is 29.9 Å². The summed E-state index contributed by atoms with van der Waals surface area (Å²) < 4.78 is 11.2. The van der Waals surface area contributed by atoms with Gasteiger partial charge in [-0.05, 0) is 19.4 Å². The third-order valence-electron chi connectivity index (χ3n) is 3.38. The second kappa shape index (κ2) is 3.98. The van der Waals surface area contributed by atoms with Crippen molar-refractivity contribution in [3.63, 3.8) is 0 Å². The van der Waals surface area contributed by atoms with E-state index in [2.05, 4.69) is 13.8 Å². The highest BCUT2D eigenvalue weighted by molar-refractivity contribution is 5.44. The van der Waals surface area contributed by atoms with Crippen molar-refractivity contribution < 1.29 is 9.47 Å². The maximum Gasteiger partial charge on any atom is 0.128 e. The van der Waals surface area contributed by atoms with Crippen LogP contribution in [0.3, 0.4) is 0 Å². The fourth-order valence-corrected chi connectivity index (χ4v) is 2.14. The van der Waals surface area contributed by atoms with Crippen molar-refractivity contribution in [2.24, 2.45) is 5.73 Å². The molecule has 1 heterocycles. The van der Waals surface area contributed by atoms with E-state index in [4.69, 9.17) is 15.2 Å². The molecule has 0 fully saturated rings. The lowest BCUT2D eigenvalue weighted by atomic mass is 9.87. The van der Waals surface area contributed by atoms with Gasteiger partial charge in [0.15, 0.2) is 0 Å². The molecule has 2 rings (SSSR count). The summed E-state index contributed by atoms with van der Waals surface area (Å²) in [6.07, 6.45) is 1.82. The van der Waals surface area contributed by atoms with Gasteiger partial charge in [0.25, 0.3) is 0 Å². The quantitative estimate of drug-likeness (QED) is 0.835. The van der Waals surface area contributed by atoms with E-state index in [9.17, 15) is 0 Å². The maximum absolute atomic E-state index is 6.17. The van der Waals surface area contributed by atoms with Crippen molar-refractivity contribution in [2.45, 2.75) is 38.3 Å². The van der Waals surface area contributed by atoms with Crippen molar-refractivity contribution in [3.05, 3.63) is 23.8 Å². The Kier molecular flexibility index (Phi) is 2.80.